The molecule has 1 fully saturated rings. The summed E-state index contributed by atoms with van der Waals surface area (Å²) in [6.45, 7) is 7.60. The first-order valence-corrected chi connectivity index (χ1v) is 8.82. The van der Waals surface area contributed by atoms with Gasteiger partial charge in [-0.1, -0.05) is 38.8 Å². The Balaban J connectivity index is 1.85. The lowest BCUT2D eigenvalue weighted by molar-refractivity contribution is 0.294. The van der Waals surface area contributed by atoms with Gasteiger partial charge in [0.2, 0.25) is 5.89 Å². The van der Waals surface area contributed by atoms with E-state index in [1.165, 1.54) is 38.5 Å². The third-order valence-corrected chi connectivity index (χ3v) is 4.80. The third-order valence-electron chi connectivity index (χ3n) is 4.80. The Hall–Kier alpha value is -0.900. The summed E-state index contributed by atoms with van der Waals surface area (Å²) >= 11 is 0. The van der Waals surface area contributed by atoms with E-state index in [0.29, 0.717) is 12.0 Å². The zero-order valence-corrected chi connectivity index (χ0v) is 13.9. The molecule has 2 rings (SSSR count). The Labute approximate surface area is 129 Å². The molecule has 0 amide bonds. The van der Waals surface area contributed by atoms with Crippen LogP contribution in [-0.4, -0.2) is 22.7 Å². The average molecular weight is 293 g/mol. The summed E-state index contributed by atoms with van der Waals surface area (Å²) in [5.74, 6) is 3.20. The Morgan fingerprint density at radius 2 is 1.95 bits per heavy atom. The molecule has 1 N–H and O–H groups in total. The molecule has 0 spiro atoms. The highest BCUT2D eigenvalue weighted by molar-refractivity contribution is 4.98. The van der Waals surface area contributed by atoms with Crippen LogP contribution in [0, 0.1) is 5.92 Å². The molecule has 0 radical (unpaired) electrons. The number of aromatic nitrogens is 2. The third kappa shape index (κ3) is 4.80. The molecule has 4 nitrogen and oxygen atoms in total. The average Bonchev–Trinajstić information content (AvgIpc) is 2.96. The largest absolute Gasteiger partial charge is 0.339 e. The molecule has 1 unspecified atom stereocenters. The van der Waals surface area contributed by atoms with Gasteiger partial charge in [0, 0.05) is 18.4 Å². The quantitative estimate of drug-likeness (QED) is 0.785. The Morgan fingerprint density at radius 1 is 1.19 bits per heavy atom. The Kier molecular flexibility index (Phi) is 6.68. The maximum Gasteiger partial charge on any atom is 0.228 e. The number of hydrogen-bond acceptors (Lipinski definition) is 4. The van der Waals surface area contributed by atoms with Crippen molar-refractivity contribution >= 4 is 0 Å². The van der Waals surface area contributed by atoms with Crippen molar-refractivity contribution in [2.45, 2.75) is 84.1 Å². The maximum atomic E-state index is 5.47. The van der Waals surface area contributed by atoms with Gasteiger partial charge in [-0.05, 0) is 44.6 Å². The lowest BCUT2D eigenvalue weighted by atomic mass is 9.80. The van der Waals surface area contributed by atoms with Crippen molar-refractivity contribution in [1.29, 1.82) is 0 Å². The fourth-order valence-corrected chi connectivity index (χ4v) is 3.49. The van der Waals surface area contributed by atoms with E-state index >= 15 is 0 Å². The molecule has 1 aromatic rings. The van der Waals surface area contributed by atoms with Crippen molar-refractivity contribution in [1.82, 2.24) is 15.5 Å². The van der Waals surface area contributed by atoms with Gasteiger partial charge in [0.25, 0.3) is 0 Å². The second-order valence-corrected chi connectivity index (χ2v) is 6.42. The van der Waals surface area contributed by atoms with E-state index in [1.807, 2.05) is 0 Å². The van der Waals surface area contributed by atoms with Crippen molar-refractivity contribution in [3.05, 3.63) is 11.7 Å². The molecular weight excluding hydrogens is 262 g/mol. The van der Waals surface area contributed by atoms with Crippen molar-refractivity contribution in [2.24, 2.45) is 5.92 Å². The van der Waals surface area contributed by atoms with E-state index in [9.17, 15) is 0 Å². The second-order valence-electron chi connectivity index (χ2n) is 6.42. The first kappa shape index (κ1) is 16.5. The summed E-state index contributed by atoms with van der Waals surface area (Å²) < 4.78 is 5.47. The van der Waals surface area contributed by atoms with Crippen LogP contribution in [0.1, 0.15) is 83.3 Å². The van der Waals surface area contributed by atoms with Crippen molar-refractivity contribution in [3.8, 4) is 0 Å². The SMILES string of the molecule is CCCC1CCC(c2noc(CC(CC)NCC)n2)CC1. The summed E-state index contributed by atoms with van der Waals surface area (Å²) in [6.07, 6.45) is 9.75. The van der Waals surface area contributed by atoms with E-state index in [-0.39, 0.29) is 0 Å². The number of rotatable bonds is 8. The molecule has 21 heavy (non-hydrogen) atoms. The predicted molar refractivity (Wildman–Crippen MR) is 85.4 cm³/mol. The van der Waals surface area contributed by atoms with E-state index in [2.05, 4.69) is 36.2 Å². The first-order valence-electron chi connectivity index (χ1n) is 8.82. The highest BCUT2D eigenvalue weighted by Gasteiger charge is 2.25. The van der Waals surface area contributed by atoms with Crippen LogP contribution in [0.2, 0.25) is 0 Å². The molecule has 1 heterocycles. The Morgan fingerprint density at radius 3 is 2.57 bits per heavy atom. The highest BCUT2D eigenvalue weighted by Crippen LogP contribution is 2.36. The van der Waals surface area contributed by atoms with E-state index in [0.717, 1.165) is 37.0 Å². The molecule has 1 atom stereocenters. The first-order chi connectivity index (χ1) is 10.3. The van der Waals surface area contributed by atoms with Gasteiger partial charge < -0.3 is 9.84 Å². The molecule has 1 saturated carbocycles. The molecule has 0 bridgehead atoms. The van der Waals surface area contributed by atoms with Gasteiger partial charge in [-0.15, -0.1) is 0 Å². The molecular formula is C17H31N3O. The molecule has 0 aromatic carbocycles. The Bertz CT molecular complexity index is 396. The van der Waals surface area contributed by atoms with Crippen LogP contribution >= 0.6 is 0 Å². The van der Waals surface area contributed by atoms with Crippen molar-refractivity contribution in [2.75, 3.05) is 6.54 Å². The van der Waals surface area contributed by atoms with Crippen LogP contribution in [0.4, 0.5) is 0 Å². The fraction of sp³-hybridized carbons (Fsp3) is 0.882. The number of nitrogens with zero attached hydrogens (tertiary/aromatic N) is 2. The fourth-order valence-electron chi connectivity index (χ4n) is 3.49. The smallest absolute Gasteiger partial charge is 0.228 e. The minimum absolute atomic E-state index is 0.448. The molecule has 120 valence electrons. The maximum absolute atomic E-state index is 5.47. The van der Waals surface area contributed by atoms with Crippen molar-refractivity contribution in [3.63, 3.8) is 0 Å². The van der Waals surface area contributed by atoms with Gasteiger partial charge >= 0.3 is 0 Å². The minimum Gasteiger partial charge on any atom is -0.339 e. The van der Waals surface area contributed by atoms with Gasteiger partial charge in [-0.25, -0.2) is 0 Å². The van der Waals surface area contributed by atoms with Crippen molar-refractivity contribution < 1.29 is 4.52 Å². The topological polar surface area (TPSA) is 51.0 Å². The van der Waals surface area contributed by atoms with Crippen LogP contribution in [0.15, 0.2) is 4.52 Å². The van der Waals surface area contributed by atoms with Gasteiger partial charge in [0.05, 0.1) is 0 Å². The molecule has 1 aliphatic carbocycles. The van der Waals surface area contributed by atoms with Gasteiger partial charge in [-0.3, -0.25) is 0 Å². The molecule has 4 heteroatoms. The van der Waals surface area contributed by atoms with Gasteiger partial charge in [-0.2, -0.15) is 4.98 Å². The van der Waals surface area contributed by atoms with Gasteiger partial charge in [0.15, 0.2) is 5.82 Å². The zero-order valence-electron chi connectivity index (χ0n) is 13.9. The molecule has 0 aliphatic heterocycles. The number of nitrogens with one attached hydrogen (secondary N) is 1. The normalized spacial score (nSPS) is 24.1. The highest BCUT2D eigenvalue weighted by atomic mass is 16.5. The summed E-state index contributed by atoms with van der Waals surface area (Å²) in [4.78, 5) is 4.66. The summed E-state index contributed by atoms with van der Waals surface area (Å²) in [6, 6.07) is 0.448. The summed E-state index contributed by atoms with van der Waals surface area (Å²) in [7, 11) is 0. The lowest BCUT2D eigenvalue weighted by Crippen LogP contribution is -2.30. The van der Waals surface area contributed by atoms with Crippen LogP contribution in [-0.2, 0) is 6.42 Å². The van der Waals surface area contributed by atoms with E-state index in [1.54, 1.807) is 0 Å². The number of hydrogen-bond donors (Lipinski definition) is 1. The molecule has 1 aromatic heterocycles. The van der Waals surface area contributed by atoms with Crippen LogP contribution < -0.4 is 5.32 Å². The van der Waals surface area contributed by atoms with Crippen LogP contribution in [0.3, 0.4) is 0 Å². The predicted octanol–water partition coefficient (Wildman–Crippen LogP) is 4.07. The monoisotopic (exact) mass is 293 g/mol. The second kappa shape index (κ2) is 8.52. The van der Waals surface area contributed by atoms with E-state index in [4.69, 9.17) is 4.52 Å². The van der Waals surface area contributed by atoms with Gasteiger partial charge in [0.1, 0.15) is 0 Å². The zero-order chi connectivity index (χ0) is 15.1. The lowest BCUT2D eigenvalue weighted by Gasteiger charge is -2.26. The van der Waals surface area contributed by atoms with E-state index < -0.39 is 0 Å². The molecule has 0 saturated heterocycles. The summed E-state index contributed by atoms with van der Waals surface area (Å²) in [5, 5.41) is 7.71. The van der Waals surface area contributed by atoms with Crippen LogP contribution in [0.5, 0.6) is 0 Å². The number of likely N-dealkylation sites (N-methyl/N-ethyl adjacent to an activating group) is 1. The minimum atomic E-state index is 0.448. The van der Waals surface area contributed by atoms with Crippen LogP contribution in [0.25, 0.3) is 0 Å². The summed E-state index contributed by atoms with van der Waals surface area (Å²) in [5.41, 5.74) is 0. The standard InChI is InChI=1S/C17H31N3O/c1-4-7-13-8-10-14(11-9-13)17-19-16(21-20-17)12-15(5-2)18-6-3/h13-15,18H,4-12H2,1-3H3. The molecule has 1 aliphatic rings.